The number of aromatic nitrogens is 2. The van der Waals surface area contributed by atoms with Gasteiger partial charge in [-0.15, -0.1) is 0 Å². The number of fused-ring (bicyclic) bond motifs is 3. The Bertz CT molecular complexity index is 1040. The zero-order valence-corrected chi connectivity index (χ0v) is 15.6. The predicted octanol–water partition coefficient (Wildman–Crippen LogP) is 0.0458. The number of hydrogen-bond donors (Lipinski definition) is 1. The van der Waals surface area contributed by atoms with Crippen LogP contribution in [0, 0.1) is 6.92 Å². The second-order valence-corrected chi connectivity index (χ2v) is 6.67. The first-order valence-electron chi connectivity index (χ1n) is 8.58. The van der Waals surface area contributed by atoms with E-state index in [1.54, 1.807) is 23.7 Å². The van der Waals surface area contributed by atoms with Gasteiger partial charge in [-0.3, -0.25) is 19.4 Å². The SMILES string of the molecule is Cc1c[n+]2c(n1-c1ccc(OCC(N)=O)cc1)N=C1C2C(=O)N(C)C(=O)N1C. The highest BCUT2D eigenvalue weighted by molar-refractivity contribution is 6.18. The van der Waals surface area contributed by atoms with Gasteiger partial charge in [-0.05, 0) is 31.2 Å². The summed E-state index contributed by atoms with van der Waals surface area (Å²) in [7, 11) is 3.07. The van der Waals surface area contributed by atoms with Crippen LogP contribution in [-0.2, 0) is 9.59 Å². The second-order valence-electron chi connectivity index (χ2n) is 6.67. The van der Waals surface area contributed by atoms with Crippen molar-refractivity contribution in [3.8, 4) is 11.4 Å². The van der Waals surface area contributed by atoms with E-state index in [1.165, 1.54) is 11.9 Å². The molecule has 1 unspecified atom stereocenters. The highest BCUT2D eigenvalue weighted by Crippen LogP contribution is 2.31. The zero-order chi connectivity index (χ0) is 20.2. The number of aliphatic imine (C=N–C) groups is 1. The molecule has 4 rings (SSSR count). The van der Waals surface area contributed by atoms with Gasteiger partial charge in [0.15, 0.2) is 6.61 Å². The number of amidine groups is 1. The van der Waals surface area contributed by atoms with Crippen LogP contribution in [0.1, 0.15) is 11.7 Å². The van der Waals surface area contributed by atoms with Gasteiger partial charge in [0.25, 0.3) is 11.8 Å². The summed E-state index contributed by atoms with van der Waals surface area (Å²) in [6.45, 7) is 1.71. The summed E-state index contributed by atoms with van der Waals surface area (Å²) < 4.78 is 8.93. The molecule has 0 aliphatic carbocycles. The van der Waals surface area contributed by atoms with E-state index in [4.69, 9.17) is 10.5 Å². The lowest BCUT2D eigenvalue weighted by molar-refractivity contribution is -0.676. The van der Waals surface area contributed by atoms with E-state index < -0.39 is 18.0 Å². The number of nitrogens with zero attached hydrogens (tertiary/aromatic N) is 5. The Balaban J connectivity index is 1.73. The molecule has 2 aliphatic rings. The lowest BCUT2D eigenvalue weighted by atomic mass is 10.2. The number of ether oxygens (including phenoxy) is 1. The molecule has 2 N–H and O–H groups in total. The van der Waals surface area contributed by atoms with Crippen LogP contribution < -0.4 is 15.0 Å². The van der Waals surface area contributed by atoms with Crippen molar-refractivity contribution in [2.45, 2.75) is 13.0 Å². The first-order valence-corrected chi connectivity index (χ1v) is 8.58. The average Bonchev–Trinajstić information content (AvgIpc) is 3.18. The second kappa shape index (κ2) is 6.19. The molecule has 2 aliphatic heterocycles. The lowest BCUT2D eigenvalue weighted by Crippen LogP contribution is -2.61. The zero-order valence-electron chi connectivity index (χ0n) is 15.6. The summed E-state index contributed by atoms with van der Waals surface area (Å²) in [6, 6.07) is 5.99. The van der Waals surface area contributed by atoms with Gasteiger partial charge in [0, 0.05) is 14.1 Å². The summed E-state index contributed by atoms with van der Waals surface area (Å²) in [5.41, 5.74) is 6.76. The third kappa shape index (κ3) is 2.53. The Morgan fingerprint density at radius 1 is 1.21 bits per heavy atom. The van der Waals surface area contributed by atoms with Crippen LogP contribution in [0.5, 0.6) is 5.75 Å². The highest BCUT2D eigenvalue weighted by Gasteiger charge is 2.52. The van der Waals surface area contributed by atoms with Crippen molar-refractivity contribution in [1.82, 2.24) is 14.4 Å². The Hall–Kier alpha value is -3.69. The molecule has 28 heavy (non-hydrogen) atoms. The van der Waals surface area contributed by atoms with Crippen molar-refractivity contribution in [2.24, 2.45) is 10.7 Å². The Labute approximate surface area is 160 Å². The van der Waals surface area contributed by atoms with Crippen molar-refractivity contribution in [3.63, 3.8) is 0 Å². The number of imide groups is 1. The number of amides is 4. The minimum atomic E-state index is -0.666. The van der Waals surface area contributed by atoms with Crippen LogP contribution in [0.25, 0.3) is 5.69 Å². The molecular formula is C18H19N6O4+. The number of likely N-dealkylation sites (N-methyl/N-ethyl adjacent to an activating group) is 2. The van der Waals surface area contributed by atoms with Gasteiger partial charge in [-0.25, -0.2) is 9.36 Å². The third-order valence-electron chi connectivity index (χ3n) is 4.80. The fourth-order valence-corrected chi connectivity index (χ4v) is 3.43. The number of primary amides is 1. The number of imidazole rings is 1. The topological polar surface area (TPSA) is 114 Å². The van der Waals surface area contributed by atoms with Crippen LogP contribution in [0.4, 0.5) is 10.7 Å². The first kappa shape index (κ1) is 17.7. The van der Waals surface area contributed by atoms with E-state index in [0.717, 1.165) is 16.3 Å². The maximum absolute atomic E-state index is 12.7. The van der Waals surface area contributed by atoms with Crippen molar-refractivity contribution in [3.05, 3.63) is 36.2 Å². The first-order chi connectivity index (χ1) is 13.3. The molecule has 10 heteroatoms. The molecule has 1 saturated heterocycles. The lowest BCUT2D eigenvalue weighted by Gasteiger charge is -2.30. The minimum absolute atomic E-state index is 0.196. The Morgan fingerprint density at radius 3 is 2.54 bits per heavy atom. The number of nitrogens with two attached hydrogens (primary N) is 1. The number of aryl methyl sites for hydroxylation is 1. The number of urea groups is 1. The normalized spacial score (nSPS) is 18.1. The minimum Gasteiger partial charge on any atom is -0.484 e. The van der Waals surface area contributed by atoms with E-state index in [9.17, 15) is 14.4 Å². The molecule has 10 nitrogen and oxygen atoms in total. The molecule has 0 radical (unpaired) electrons. The van der Waals surface area contributed by atoms with Crippen LogP contribution in [0.15, 0.2) is 35.5 Å². The summed E-state index contributed by atoms with van der Waals surface area (Å²) in [5, 5.41) is 0. The maximum Gasteiger partial charge on any atom is 0.406 e. The number of hydrogen-bond acceptors (Lipinski definition) is 5. The quantitative estimate of drug-likeness (QED) is 0.751. The fourth-order valence-electron chi connectivity index (χ4n) is 3.43. The van der Waals surface area contributed by atoms with Crippen molar-refractivity contribution in [2.75, 3.05) is 20.7 Å². The fraction of sp³-hybridized carbons (Fsp3) is 0.278. The summed E-state index contributed by atoms with van der Waals surface area (Å²) in [4.78, 5) is 42.8. The molecule has 0 saturated carbocycles. The van der Waals surface area contributed by atoms with Gasteiger partial charge in [0.05, 0.1) is 0 Å². The number of rotatable bonds is 4. The van der Waals surface area contributed by atoms with Gasteiger partial charge in [0.2, 0.25) is 11.9 Å². The van der Waals surface area contributed by atoms with Crippen LogP contribution in [0.2, 0.25) is 0 Å². The van der Waals surface area contributed by atoms with Gasteiger partial charge < -0.3 is 10.5 Å². The molecule has 1 atom stereocenters. The number of carbonyl (C=O) groups excluding carboxylic acids is 3. The standard InChI is InChI=1S/C18H18N6O4/c1-10-8-23-14-15(21(2)18(27)22(3)16(14)26)20-17(23)24(10)11-4-6-12(7-5-11)28-9-13(19)25/h4-8,14H,9H2,1-3H3,(H-,19,25)/p+1. The molecule has 144 valence electrons. The van der Waals surface area contributed by atoms with Gasteiger partial charge in [-0.2, -0.15) is 4.57 Å². The van der Waals surface area contributed by atoms with E-state index in [-0.39, 0.29) is 12.5 Å². The molecule has 3 heterocycles. The van der Waals surface area contributed by atoms with E-state index in [0.29, 0.717) is 17.5 Å². The largest absolute Gasteiger partial charge is 0.484 e. The van der Waals surface area contributed by atoms with Crippen molar-refractivity contribution >= 4 is 29.6 Å². The van der Waals surface area contributed by atoms with E-state index >= 15 is 0 Å². The number of carbonyl (C=O) groups is 3. The predicted molar refractivity (Wildman–Crippen MR) is 97.5 cm³/mol. The van der Waals surface area contributed by atoms with Crippen molar-refractivity contribution in [1.29, 1.82) is 0 Å². The summed E-state index contributed by atoms with van der Waals surface area (Å²) in [5.74, 6) is 0.591. The highest BCUT2D eigenvalue weighted by atomic mass is 16.5. The van der Waals surface area contributed by atoms with Crippen LogP contribution in [0.3, 0.4) is 0 Å². The van der Waals surface area contributed by atoms with Crippen LogP contribution in [-0.4, -0.2) is 58.8 Å². The Kier molecular flexibility index (Phi) is 3.91. The van der Waals surface area contributed by atoms with Crippen molar-refractivity contribution < 1.29 is 23.7 Å². The third-order valence-corrected chi connectivity index (χ3v) is 4.80. The number of benzene rings is 1. The maximum atomic E-state index is 12.7. The van der Waals surface area contributed by atoms with E-state index in [2.05, 4.69) is 4.99 Å². The molecular weight excluding hydrogens is 364 g/mol. The monoisotopic (exact) mass is 383 g/mol. The van der Waals surface area contributed by atoms with Gasteiger partial charge in [0.1, 0.15) is 23.3 Å². The molecule has 4 amide bonds. The molecule has 1 aromatic carbocycles. The van der Waals surface area contributed by atoms with Crippen LogP contribution >= 0.6 is 0 Å². The summed E-state index contributed by atoms with van der Waals surface area (Å²) in [6.07, 6.45) is 1.84. The molecule has 0 bridgehead atoms. The van der Waals surface area contributed by atoms with E-state index in [1.807, 2.05) is 29.8 Å². The molecule has 2 aromatic rings. The molecule has 0 spiro atoms. The summed E-state index contributed by atoms with van der Waals surface area (Å²) >= 11 is 0. The average molecular weight is 383 g/mol. The Morgan fingerprint density at radius 2 is 1.89 bits per heavy atom. The molecule has 1 aromatic heterocycles. The molecule has 1 fully saturated rings. The van der Waals surface area contributed by atoms with Gasteiger partial charge in [-0.1, -0.05) is 4.99 Å². The van der Waals surface area contributed by atoms with Gasteiger partial charge >= 0.3 is 12.0 Å². The smallest absolute Gasteiger partial charge is 0.406 e.